The van der Waals surface area contributed by atoms with Crippen LogP contribution in [-0.2, 0) is 19.4 Å². The lowest BCUT2D eigenvalue weighted by atomic mass is 9.93. The number of aromatic nitrogens is 1. The molecule has 1 aliphatic rings. The fourth-order valence-corrected chi connectivity index (χ4v) is 4.86. The Morgan fingerprint density at radius 2 is 1.66 bits per heavy atom. The minimum Gasteiger partial charge on any atom is -0.312 e. The third-order valence-corrected chi connectivity index (χ3v) is 7.09. The van der Waals surface area contributed by atoms with Crippen molar-refractivity contribution in [3.8, 4) is 0 Å². The van der Waals surface area contributed by atoms with Crippen molar-refractivity contribution in [3.05, 3.63) is 67.6 Å². The third kappa shape index (κ3) is 7.22. The van der Waals surface area contributed by atoms with Crippen molar-refractivity contribution >= 4 is 28.9 Å². The molecule has 32 heavy (non-hydrogen) atoms. The molecule has 0 saturated heterocycles. The molecule has 1 aliphatic carbocycles. The van der Waals surface area contributed by atoms with Crippen LogP contribution < -0.4 is 5.56 Å². The first-order valence-electron chi connectivity index (χ1n) is 12.3. The summed E-state index contributed by atoms with van der Waals surface area (Å²) >= 11 is 12.1. The average molecular weight is 476 g/mol. The van der Waals surface area contributed by atoms with E-state index in [1.807, 2.05) is 28.8 Å². The van der Waals surface area contributed by atoms with Crippen molar-refractivity contribution in [2.45, 2.75) is 90.5 Å². The number of pyridine rings is 1. The molecule has 0 bridgehead atoms. The highest BCUT2D eigenvalue weighted by molar-refractivity contribution is 6.42. The van der Waals surface area contributed by atoms with Crippen LogP contribution in [0.3, 0.4) is 0 Å². The second-order valence-corrected chi connectivity index (χ2v) is 9.65. The Hall–Kier alpha value is -1.58. The SMILES string of the molecule is CCCCCCCCCCn1c2c(ccc1=O)C(=NCCc1ccc(Cl)c(Cl)c1)CCC2. The van der Waals surface area contributed by atoms with Crippen LogP contribution in [0, 0.1) is 0 Å². The molecule has 0 N–H and O–H groups in total. The highest BCUT2D eigenvalue weighted by atomic mass is 35.5. The molecule has 0 fully saturated rings. The van der Waals surface area contributed by atoms with E-state index < -0.39 is 0 Å². The number of fused-ring (bicyclic) bond motifs is 1. The molecular weight excluding hydrogens is 439 g/mol. The van der Waals surface area contributed by atoms with Gasteiger partial charge in [0.1, 0.15) is 0 Å². The smallest absolute Gasteiger partial charge is 0.250 e. The van der Waals surface area contributed by atoms with E-state index in [0.717, 1.165) is 49.9 Å². The van der Waals surface area contributed by atoms with Crippen LogP contribution in [-0.4, -0.2) is 16.8 Å². The molecule has 0 radical (unpaired) electrons. The van der Waals surface area contributed by atoms with Gasteiger partial charge in [0.15, 0.2) is 0 Å². The summed E-state index contributed by atoms with van der Waals surface area (Å²) in [4.78, 5) is 17.5. The van der Waals surface area contributed by atoms with Crippen molar-refractivity contribution in [1.29, 1.82) is 0 Å². The van der Waals surface area contributed by atoms with Gasteiger partial charge in [-0.15, -0.1) is 0 Å². The van der Waals surface area contributed by atoms with Crippen molar-refractivity contribution in [2.75, 3.05) is 6.54 Å². The quantitative estimate of drug-likeness (QED) is 0.290. The first-order chi connectivity index (χ1) is 15.6. The van der Waals surface area contributed by atoms with Crippen LogP contribution in [0.25, 0.3) is 0 Å². The van der Waals surface area contributed by atoms with E-state index in [-0.39, 0.29) is 5.56 Å². The summed E-state index contributed by atoms with van der Waals surface area (Å²) in [7, 11) is 0. The molecular formula is C27H36Cl2N2O. The zero-order valence-corrected chi connectivity index (χ0v) is 20.9. The van der Waals surface area contributed by atoms with E-state index in [0.29, 0.717) is 16.6 Å². The monoisotopic (exact) mass is 474 g/mol. The Morgan fingerprint density at radius 3 is 2.41 bits per heavy atom. The lowest BCUT2D eigenvalue weighted by Crippen LogP contribution is -2.28. The van der Waals surface area contributed by atoms with Crippen LogP contribution >= 0.6 is 23.2 Å². The Kier molecular flexibility index (Phi) is 10.3. The van der Waals surface area contributed by atoms with Gasteiger partial charge in [0.2, 0.25) is 0 Å². The maximum atomic E-state index is 12.6. The predicted octanol–water partition coefficient (Wildman–Crippen LogP) is 7.66. The van der Waals surface area contributed by atoms with E-state index >= 15 is 0 Å². The van der Waals surface area contributed by atoms with E-state index in [2.05, 4.69) is 6.92 Å². The van der Waals surface area contributed by atoms with Gasteiger partial charge in [-0.05, 0) is 55.9 Å². The summed E-state index contributed by atoms with van der Waals surface area (Å²) in [6, 6.07) is 9.47. The summed E-state index contributed by atoms with van der Waals surface area (Å²) in [5, 5.41) is 1.17. The molecule has 0 unspecified atom stereocenters. The molecule has 1 aromatic carbocycles. The maximum absolute atomic E-state index is 12.6. The van der Waals surface area contributed by atoms with Gasteiger partial charge in [0.05, 0.1) is 10.0 Å². The standard InChI is InChI=1S/C27H36Cl2N2O/c1-2-3-4-5-6-7-8-9-19-31-26-12-10-11-25(22(26)14-16-27(31)32)30-18-17-21-13-15-23(28)24(29)20-21/h13-16,20H,2-12,17-19H2,1H3. The first kappa shape index (κ1) is 25.1. The molecule has 3 rings (SSSR count). The molecule has 5 heteroatoms. The van der Waals surface area contributed by atoms with E-state index in [9.17, 15) is 4.79 Å². The van der Waals surface area contributed by atoms with Crippen molar-refractivity contribution in [2.24, 2.45) is 4.99 Å². The van der Waals surface area contributed by atoms with Crippen LogP contribution in [0.2, 0.25) is 10.0 Å². The number of nitrogens with zero attached hydrogens (tertiary/aromatic N) is 2. The largest absolute Gasteiger partial charge is 0.312 e. The minimum atomic E-state index is 0.128. The molecule has 0 saturated carbocycles. The van der Waals surface area contributed by atoms with Crippen molar-refractivity contribution in [1.82, 2.24) is 4.57 Å². The topological polar surface area (TPSA) is 34.4 Å². The molecule has 0 spiro atoms. The first-order valence-corrected chi connectivity index (χ1v) is 13.1. The Bertz CT molecular complexity index is 965. The van der Waals surface area contributed by atoms with Gasteiger partial charge in [0.25, 0.3) is 5.56 Å². The summed E-state index contributed by atoms with van der Waals surface area (Å²) in [6.07, 6.45) is 14.0. The molecule has 3 nitrogen and oxygen atoms in total. The summed E-state index contributed by atoms with van der Waals surface area (Å²) in [5.41, 5.74) is 4.75. The fraction of sp³-hybridized carbons (Fsp3) is 0.556. The number of aliphatic imine (C=N–C) groups is 1. The lowest BCUT2D eigenvalue weighted by Gasteiger charge is -2.22. The van der Waals surface area contributed by atoms with Gasteiger partial charge in [-0.3, -0.25) is 9.79 Å². The third-order valence-electron chi connectivity index (χ3n) is 6.36. The summed E-state index contributed by atoms with van der Waals surface area (Å²) in [6.45, 7) is 3.79. The van der Waals surface area contributed by atoms with Crippen molar-refractivity contribution < 1.29 is 0 Å². The van der Waals surface area contributed by atoms with Crippen LogP contribution in [0.15, 0.2) is 40.1 Å². The fourth-order valence-electron chi connectivity index (χ4n) is 4.54. The Labute approximate surface area is 202 Å². The van der Waals surface area contributed by atoms with E-state index in [1.165, 1.54) is 56.2 Å². The maximum Gasteiger partial charge on any atom is 0.250 e. The Morgan fingerprint density at radius 1 is 0.906 bits per heavy atom. The minimum absolute atomic E-state index is 0.128. The molecule has 0 amide bonds. The van der Waals surface area contributed by atoms with Crippen LogP contribution in [0.1, 0.15) is 88.0 Å². The van der Waals surface area contributed by atoms with Gasteiger partial charge in [0, 0.05) is 36.1 Å². The lowest BCUT2D eigenvalue weighted by molar-refractivity contribution is 0.524. The average Bonchev–Trinajstić information content (AvgIpc) is 2.79. The second kappa shape index (κ2) is 13.2. The normalized spacial score (nSPS) is 14.7. The molecule has 0 atom stereocenters. The van der Waals surface area contributed by atoms with Gasteiger partial charge < -0.3 is 4.57 Å². The van der Waals surface area contributed by atoms with Crippen molar-refractivity contribution in [3.63, 3.8) is 0 Å². The highest BCUT2D eigenvalue weighted by Gasteiger charge is 2.19. The molecule has 1 heterocycles. The number of halogens is 2. The Balaban J connectivity index is 1.58. The van der Waals surface area contributed by atoms with Gasteiger partial charge in [-0.1, -0.05) is 81.1 Å². The zero-order chi connectivity index (χ0) is 22.8. The van der Waals surface area contributed by atoms with Gasteiger partial charge in [-0.25, -0.2) is 0 Å². The number of hydrogen-bond donors (Lipinski definition) is 0. The predicted molar refractivity (Wildman–Crippen MR) is 138 cm³/mol. The number of unbranched alkanes of at least 4 members (excludes halogenated alkanes) is 7. The number of rotatable bonds is 12. The molecule has 1 aromatic heterocycles. The molecule has 0 aliphatic heterocycles. The highest BCUT2D eigenvalue weighted by Crippen LogP contribution is 2.24. The zero-order valence-electron chi connectivity index (χ0n) is 19.3. The summed E-state index contributed by atoms with van der Waals surface area (Å²) in [5.74, 6) is 0. The molecule has 174 valence electrons. The number of hydrogen-bond acceptors (Lipinski definition) is 2. The van der Waals surface area contributed by atoms with Gasteiger partial charge in [-0.2, -0.15) is 0 Å². The summed E-state index contributed by atoms with van der Waals surface area (Å²) < 4.78 is 2.01. The van der Waals surface area contributed by atoms with Crippen LogP contribution in [0.5, 0.6) is 0 Å². The van der Waals surface area contributed by atoms with Gasteiger partial charge >= 0.3 is 0 Å². The van der Waals surface area contributed by atoms with E-state index in [4.69, 9.17) is 28.2 Å². The van der Waals surface area contributed by atoms with Crippen LogP contribution in [0.4, 0.5) is 0 Å². The second-order valence-electron chi connectivity index (χ2n) is 8.84. The van der Waals surface area contributed by atoms with E-state index in [1.54, 1.807) is 6.07 Å². The molecule has 2 aromatic rings. The number of benzene rings is 1.